The summed E-state index contributed by atoms with van der Waals surface area (Å²) in [5, 5.41) is 24.9. The van der Waals surface area contributed by atoms with Crippen LogP contribution in [-0.2, 0) is 0 Å². The third-order valence-corrected chi connectivity index (χ3v) is 10.9. The number of nitriles is 2. The van der Waals surface area contributed by atoms with Gasteiger partial charge in [0.15, 0.2) is 11.6 Å². The molecule has 10 rings (SSSR count). The number of fused-ring (bicyclic) bond motifs is 6. The van der Waals surface area contributed by atoms with E-state index in [1.165, 1.54) is 0 Å². The van der Waals surface area contributed by atoms with Crippen molar-refractivity contribution in [3.05, 3.63) is 155 Å². The minimum atomic E-state index is 0.502. The average Bonchev–Trinajstić information content (AvgIpc) is 3.74. The summed E-state index contributed by atoms with van der Waals surface area (Å²) in [5.41, 5.74) is 11.2. The normalized spacial score (nSPS) is 11.4. The fraction of sp³-hybridized carbons (Fsp3) is 0.102. The number of nitrogens with zero attached hydrogens (tertiary/aromatic N) is 10. The lowest BCUT2D eigenvalue weighted by Gasteiger charge is -2.22. The number of benzene rings is 6. The molecule has 0 saturated carbocycles. The average molecular weight is 763 g/mol. The summed E-state index contributed by atoms with van der Waals surface area (Å²) >= 11 is 0. The number of hydrogen-bond acceptors (Lipinski definition) is 8. The van der Waals surface area contributed by atoms with E-state index in [4.69, 9.17) is 0 Å². The number of aryl methyl sites for hydroxylation is 5. The smallest absolute Gasteiger partial charge is 0.163 e. The Balaban J connectivity index is 1.32. The van der Waals surface area contributed by atoms with E-state index in [-0.39, 0.29) is 0 Å². The summed E-state index contributed by atoms with van der Waals surface area (Å²) in [4.78, 5) is 27.5. The maximum Gasteiger partial charge on any atom is 0.163 e. The van der Waals surface area contributed by atoms with Crippen molar-refractivity contribution < 1.29 is 0 Å². The first-order valence-corrected chi connectivity index (χ1v) is 19.2. The van der Waals surface area contributed by atoms with Crippen molar-refractivity contribution in [3.63, 3.8) is 0 Å². The molecule has 0 radical (unpaired) electrons. The first-order valence-electron chi connectivity index (χ1n) is 19.2. The van der Waals surface area contributed by atoms with Gasteiger partial charge in [-0.25, -0.2) is 29.9 Å². The molecule has 6 aromatic carbocycles. The second-order valence-electron chi connectivity index (χ2n) is 14.8. The zero-order chi connectivity index (χ0) is 40.5. The van der Waals surface area contributed by atoms with E-state index in [9.17, 15) is 10.5 Å². The summed E-state index contributed by atoms with van der Waals surface area (Å²) in [7, 11) is 0. The summed E-state index contributed by atoms with van der Waals surface area (Å²) in [6, 6.07) is 43.9. The first-order chi connectivity index (χ1) is 28.7. The van der Waals surface area contributed by atoms with Crippen molar-refractivity contribution in [2.75, 3.05) is 0 Å². The lowest BCUT2D eigenvalue weighted by molar-refractivity contribution is 0.928. The highest BCUT2D eigenvalue weighted by molar-refractivity contribution is 6.13. The molecule has 0 saturated heterocycles. The molecule has 0 aliphatic rings. The fourth-order valence-corrected chi connectivity index (χ4v) is 8.55. The van der Waals surface area contributed by atoms with Gasteiger partial charge < -0.3 is 9.13 Å². The molecule has 0 bridgehead atoms. The molecule has 10 heteroatoms. The van der Waals surface area contributed by atoms with E-state index in [2.05, 4.69) is 99.7 Å². The van der Waals surface area contributed by atoms with E-state index in [1.54, 1.807) is 0 Å². The molecular weight excluding hydrogens is 729 g/mol. The molecule has 0 atom stereocenters. The summed E-state index contributed by atoms with van der Waals surface area (Å²) < 4.78 is 4.51. The predicted molar refractivity (Wildman–Crippen MR) is 231 cm³/mol. The molecule has 0 fully saturated rings. The maximum absolute atomic E-state index is 10.8. The van der Waals surface area contributed by atoms with E-state index in [0.717, 1.165) is 82.8 Å². The summed E-state index contributed by atoms with van der Waals surface area (Å²) in [6.07, 6.45) is 0. The Morgan fingerprint density at radius 2 is 0.864 bits per heavy atom. The van der Waals surface area contributed by atoms with Crippen molar-refractivity contribution in [2.24, 2.45) is 0 Å². The molecule has 10 nitrogen and oxygen atoms in total. The summed E-state index contributed by atoms with van der Waals surface area (Å²) in [6.45, 7) is 9.55. The van der Waals surface area contributed by atoms with Gasteiger partial charge in [0.25, 0.3) is 0 Å². The van der Waals surface area contributed by atoms with Crippen LogP contribution in [-0.4, -0.2) is 39.0 Å². The number of aromatic nitrogens is 8. The number of hydrogen-bond donors (Lipinski definition) is 0. The van der Waals surface area contributed by atoms with Crippen LogP contribution >= 0.6 is 0 Å². The standard InChI is InChI=1S/C49H34N10/c1-27-20-32(25-50)14-17-36(27)47-45(58-41-12-8-6-10-37(41)39-23-34(15-18-43(39)58)48-54-28(2)52-29(3)55-48)21-33(26-51)22-46(47)59-42-13-9-7-11-38(42)40-24-35(16-19-44(40)59)49-56-30(4)53-31(5)57-49/h6-24H,1-5H3. The van der Waals surface area contributed by atoms with Gasteiger partial charge in [-0.3, -0.25) is 0 Å². The highest BCUT2D eigenvalue weighted by Crippen LogP contribution is 2.44. The van der Waals surface area contributed by atoms with Crippen LogP contribution in [0.5, 0.6) is 0 Å². The number of rotatable bonds is 5. The van der Waals surface area contributed by atoms with Crippen molar-refractivity contribution in [1.82, 2.24) is 39.0 Å². The molecule has 0 aliphatic carbocycles. The Morgan fingerprint density at radius 3 is 1.31 bits per heavy atom. The zero-order valence-electron chi connectivity index (χ0n) is 32.9. The third kappa shape index (κ3) is 5.77. The highest BCUT2D eigenvalue weighted by atomic mass is 15.0. The third-order valence-electron chi connectivity index (χ3n) is 10.9. The minimum Gasteiger partial charge on any atom is -0.308 e. The predicted octanol–water partition coefficient (Wildman–Crippen LogP) is 10.5. The van der Waals surface area contributed by atoms with Gasteiger partial charge in [0.1, 0.15) is 23.3 Å². The fourth-order valence-electron chi connectivity index (χ4n) is 8.55. The Kier molecular flexibility index (Phi) is 8.11. The lowest BCUT2D eigenvalue weighted by atomic mass is 9.93. The quantitative estimate of drug-likeness (QED) is 0.169. The molecular formula is C49H34N10. The second kappa shape index (κ2) is 13.5. The molecule has 0 N–H and O–H groups in total. The van der Waals surface area contributed by atoms with Crippen LogP contribution in [0.3, 0.4) is 0 Å². The number of para-hydroxylation sites is 2. The SMILES string of the molecule is Cc1nc(C)nc(-c2ccc3c(c2)c2ccccc2n3-c2cc(C#N)cc(-n3c4ccccc4c4cc(-c5nc(C)nc(C)n5)ccc43)c2-c2ccc(C#N)cc2C)n1. The van der Waals surface area contributed by atoms with Crippen molar-refractivity contribution in [1.29, 1.82) is 10.5 Å². The van der Waals surface area contributed by atoms with Crippen molar-refractivity contribution in [2.45, 2.75) is 34.6 Å². The largest absolute Gasteiger partial charge is 0.308 e. The van der Waals surface area contributed by atoms with Gasteiger partial charge in [0.05, 0.1) is 56.7 Å². The molecule has 4 aromatic heterocycles. The Bertz CT molecular complexity index is 3260. The van der Waals surface area contributed by atoms with Crippen LogP contribution in [0.25, 0.3) is 88.9 Å². The topological polar surface area (TPSA) is 135 Å². The van der Waals surface area contributed by atoms with Gasteiger partial charge in [-0.1, -0.05) is 42.5 Å². The summed E-state index contributed by atoms with van der Waals surface area (Å²) in [5.74, 6) is 3.88. The van der Waals surface area contributed by atoms with E-state index >= 15 is 0 Å². The van der Waals surface area contributed by atoms with Gasteiger partial charge in [0.2, 0.25) is 0 Å². The molecule has 10 aromatic rings. The van der Waals surface area contributed by atoms with Gasteiger partial charge >= 0.3 is 0 Å². The molecule has 0 amide bonds. The van der Waals surface area contributed by atoms with Crippen molar-refractivity contribution in [3.8, 4) is 57.4 Å². The van der Waals surface area contributed by atoms with E-state index in [1.807, 2.05) is 101 Å². The van der Waals surface area contributed by atoms with Gasteiger partial charge in [-0.05, 0) is 119 Å². The zero-order valence-corrected chi connectivity index (χ0v) is 32.9. The highest BCUT2D eigenvalue weighted by Gasteiger charge is 2.25. The monoisotopic (exact) mass is 762 g/mol. The lowest BCUT2D eigenvalue weighted by Crippen LogP contribution is -2.06. The molecule has 0 spiro atoms. The molecule has 0 aliphatic heterocycles. The van der Waals surface area contributed by atoms with Gasteiger partial charge in [0, 0.05) is 38.2 Å². The van der Waals surface area contributed by atoms with E-state index < -0.39 is 0 Å². The Morgan fingerprint density at radius 1 is 0.424 bits per heavy atom. The van der Waals surface area contributed by atoms with Crippen LogP contribution in [0.4, 0.5) is 0 Å². The Hall–Kier alpha value is -8.08. The second-order valence-corrected chi connectivity index (χ2v) is 14.8. The molecule has 59 heavy (non-hydrogen) atoms. The van der Waals surface area contributed by atoms with Crippen LogP contribution in [0.2, 0.25) is 0 Å². The Labute approximate surface area is 339 Å². The van der Waals surface area contributed by atoms with Crippen LogP contribution in [0.15, 0.2) is 115 Å². The van der Waals surface area contributed by atoms with Gasteiger partial charge in [-0.2, -0.15) is 10.5 Å². The maximum atomic E-state index is 10.8. The van der Waals surface area contributed by atoms with Gasteiger partial charge in [-0.15, -0.1) is 0 Å². The molecule has 280 valence electrons. The van der Waals surface area contributed by atoms with Crippen LogP contribution in [0, 0.1) is 57.3 Å². The van der Waals surface area contributed by atoms with E-state index in [0.29, 0.717) is 46.1 Å². The van der Waals surface area contributed by atoms with Crippen molar-refractivity contribution >= 4 is 43.6 Å². The van der Waals surface area contributed by atoms with Crippen LogP contribution in [0.1, 0.15) is 40.0 Å². The molecule has 0 unspecified atom stereocenters. The minimum absolute atomic E-state index is 0.502. The molecule has 4 heterocycles. The first kappa shape index (κ1) is 35.3. The van der Waals surface area contributed by atoms with Crippen LogP contribution < -0.4 is 0 Å².